The molecule has 1 atom stereocenters. The van der Waals surface area contributed by atoms with E-state index >= 15 is 0 Å². The lowest BCUT2D eigenvalue weighted by molar-refractivity contribution is -0.138. The average Bonchev–Trinajstić information content (AvgIpc) is 2.44. The fourth-order valence-electron chi connectivity index (χ4n) is 3.04. The maximum atomic E-state index is 12.9. The number of nitrogens with one attached hydrogen (secondary N) is 1. The van der Waals surface area contributed by atoms with Crippen molar-refractivity contribution >= 4 is 6.03 Å². The maximum Gasteiger partial charge on any atom is 0.416 e. The third-order valence-electron chi connectivity index (χ3n) is 3.85. The third-order valence-corrected chi connectivity index (χ3v) is 3.85. The van der Waals surface area contributed by atoms with Gasteiger partial charge in [-0.1, -0.05) is 18.2 Å². The second-order valence-corrected chi connectivity index (χ2v) is 6.71. The Balaban J connectivity index is 1.92. The van der Waals surface area contributed by atoms with E-state index in [1.165, 1.54) is 12.1 Å². The Bertz CT molecular complexity index is 587. The maximum absolute atomic E-state index is 12.9. The summed E-state index contributed by atoms with van der Waals surface area (Å²) in [5.41, 5.74) is -0.904. The van der Waals surface area contributed by atoms with E-state index in [9.17, 15) is 18.0 Å². The van der Waals surface area contributed by atoms with Gasteiger partial charge in [-0.05, 0) is 38.8 Å². The van der Waals surface area contributed by atoms with Gasteiger partial charge in [0.2, 0.25) is 0 Å². The van der Waals surface area contributed by atoms with Crippen LogP contribution in [0, 0.1) is 0 Å². The monoisotopic (exact) mass is 344 g/mol. The number of hydrogen-bond donors (Lipinski definition) is 1. The van der Waals surface area contributed by atoms with Gasteiger partial charge in [-0.2, -0.15) is 13.2 Å². The van der Waals surface area contributed by atoms with Gasteiger partial charge in [0.05, 0.1) is 23.8 Å². The first-order chi connectivity index (χ1) is 11.1. The molecule has 2 rings (SSSR count). The van der Waals surface area contributed by atoms with Crippen LogP contribution in [0.25, 0.3) is 0 Å². The van der Waals surface area contributed by atoms with Crippen molar-refractivity contribution in [2.45, 2.75) is 45.1 Å². The topological polar surface area (TPSA) is 41.6 Å². The van der Waals surface area contributed by atoms with Crippen LogP contribution >= 0.6 is 0 Å². The van der Waals surface area contributed by atoms with E-state index in [4.69, 9.17) is 4.74 Å². The van der Waals surface area contributed by atoms with Crippen molar-refractivity contribution in [2.24, 2.45) is 0 Å². The zero-order valence-electron chi connectivity index (χ0n) is 14.1. The smallest absolute Gasteiger partial charge is 0.369 e. The number of carbonyl (C=O) groups excluding carboxylic acids is 1. The number of ether oxygens (including phenoxy) is 1. The molecule has 1 saturated heterocycles. The van der Waals surface area contributed by atoms with Crippen LogP contribution in [-0.2, 0) is 17.3 Å². The fraction of sp³-hybridized carbons (Fsp3) is 0.588. The van der Waals surface area contributed by atoms with Gasteiger partial charge < -0.3 is 15.0 Å². The molecule has 4 nitrogen and oxygen atoms in total. The van der Waals surface area contributed by atoms with Crippen molar-refractivity contribution < 1.29 is 22.7 Å². The second-order valence-electron chi connectivity index (χ2n) is 6.71. The molecule has 1 fully saturated rings. The van der Waals surface area contributed by atoms with Gasteiger partial charge in [-0.3, -0.25) is 0 Å². The Hall–Kier alpha value is -1.76. The number of rotatable bonds is 3. The van der Waals surface area contributed by atoms with Crippen molar-refractivity contribution in [2.75, 3.05) is 19.6 Å². The molecule has 1 aromatic carbocycles. The molecule has 0 radical (unpaired) electrons. The van der Waals surface area contributed by atoms with E-state index in [0.29, 0.717) is 13.1 Å². The molecule has 0 saturated carbocycles. The van der Waals surface area contributed by atoms with Gasteiger partial charge in [0.1, 0.15) is 0 Å². The number of alkyl halides is 3. The number of urea groups is 1. The number of hydrogen-bond acceptors (Lipinski definition) is 2. The van der Waals surface area contributed by atoms with Crippen LogP contribution < -0.4 is 5.32 Å². The summed E-state index contributed by atoms with van der Waals surface area (Å²) in [5, 5.41) is 2.70. The van der Waals surface area contributed by atoms with Gasteiger partial charge in [-0.25, -0.2) is 4.79 Å². The molecule has 0 unspecified atom stereocenters. The Labute approximate surface area is 140 Å². The van der Waals surface area contributed by atoms with Crippen molar-refractivity contribution in [3.63, 3.8) is 0 Å². The summed E-state index contributed by atoms with van der Waals surface area (Å²) in [6, 6.07) is 5.15. The summed E-state index contributed by atoms with van der Waals surface area (Å²) in [6.45, 7) is 6.76. The van der Waals surface area contributed by atoms with Gasteiger partial charge in [0.15, 0.2) is 0 Å². The first kappa shape index (κ1) is 18.6. The van der Waals surface area contributed by atoms with Gasteiger partial charge in [0.25, 0.3) is 0 Å². The van der Waals surface area contributed by atoms with Crippen LogP contribution in [0.5, 0.6) is 0 Å². The standard InChI is InChI=1S/C17H23F3N2O2/c1-12-10-22(11-16(2,3)24-12)15(23)21-9-8-13-6-4-5-7-14(13)17(18,19)20/h4-7,12H,8-11H2,1-3H3,(H,21,23)/t12-/m0/s1. The normalized spacial score (nSPS) is 20.8. The lowest BCUT2D eigenvalue weighted by Crippen LogP contribution is -2.56. The highest BCUT2D eigenvalue weighted by atomic mass is 19.4. The molecule has 2 amide bonds. The quantitative estimate of drug-likeness (QED) is 0.912. The number of morpholine rings is 1. The average molecular weight is 344 g/mol. The molecule has 1 N–H and O–H groups in total. The number of carbonyl (C=O) groups is 1. The molecular formula is C17H23F3N2O2. The van der Waals surface area contributed by atoms with Crippen LogP contribution in [-0.4, -0.2) is 42.3 Å². The van der Waals surface area contributed by atoms with Gasteiger partial charge in [0, 0.05) is 13.1 Å². The minimum Gasteiger partial charge on any atom is -0.369 e. The summed E-state index contributed by atoms with van der Waals surface area (Å²) >= 11 is 0. The molecule has 134 valence electrons. The Morgan fingerprint density at radius 3 is 2.67 bits per heavy atom. The number of halogens is 3. The summed E-state index contributed by atoms with van der Waals surface area (Å²) in [7, 11) is 0. The number of benzene rings is 1. The van der Waals surface area contributed by atoms with Gasteiger partial charge >= 0.3 is 12.2 Å². The van der Waals surface area contributed by atoms with E-state index in [0.717, 1.165) is 6.07 Å². The van der Waals surface area contributed by atoms with E-state index in [2.05, 4.69) is 5.32 Å². The molecule has 0 aliphatic carbocycles. The lowest BCUT2D eigenvalue weighted by Gasteiger charge is -2.41. The lowest BCUT2D eigenvalue weighted by atomic mass is 10.0. The van der Waals surface area contributed by atoms with Crippen LogP contribution in [0.1, 0.15) is 31.9 Å². The highest BCUT2D eigenvalue weighted by molar-refractivity contribution is 5.74. The molecule has 0 spiro atoms. The highest BCUT2D eigenvalue weighted by Gasteiger charge is 2.34. The highest BCUT2D eigenvalue weighted by Crippen LogP contribution is 2.31. The summed E-state index contributed by atoms with van der Waals surface area (Å²) in [4.78, 5) is 13.9. The molecule has 1 heterocycles. The van der Waals surface area contributed by atoms with Crippen LogP contribution in [0.2, 0.25) is 0 Å². The zero-order chi connectivity index (χ0) is 18.0. The predicted molar refractivity (Wildman–Crippen MR) is 84.7 cm³/mol. The van der Waals surface area contributed by atoms with E-state index in [-0.39, 0.29) is 30.7 Å². The van der Waals surface area contributed by atoms with Crippen molar-refractivity contribution in [3.8, 4) is 0 Å². The van der Waals surface area contributed by atoms with E-state index in [1.807, 2.05) is 20.8 Å². The SMILES string of the molecule is C[C@H]1CN(C(=O)NCCc2ccccc2C(F)(F)F)CC(C)(C)O1. The Morgan fingerprint density at radius 1 is 1.38 bits per heavy atom. The largest absolute Gasteiger partial charge is 0.416 e. The Kier molecular flexibility index (Phi) is 5.42. The van der Waals surface area contributed by atoms with E-state index in [1.54, 1.807) is 11.0 Å². The minimum absolute atomic E-state index is 0.0783. The summed E-state index contributed by atoms with van der Waals surface area (Å²) < 4.78 is 44.6. The molecule has 0 bridgehead atoms. The van der Waals surface area contributed by atoms with Crippen molar-refractivity contribution in [1.82, 2.24) is 10.2 Å². The second kappa shape index (κ2) is 7.01. The molecule has 0 aromatic heterocycles. The zero-order valence-corrected chi connectivity index (χ0v) is 14.1. The minimum atomic E-state index is -4.38. The first-order valence-electron chi connectivity index (χ1n) is 7.94. The van der Waals surface area contributed by atoms with Crippen LogP contribution in [0.4, 0.5) is 18.0 Å². The number of amides is 2. The predicted octanol–water partition coefficient (Wildman–Crippen LogP) is 3.46. The molecule has 1 aromatic rings. The fourth-order valence-corrected chi connectivity index (χ4v) is 3.04. The van der Waals surface area contributed by atoms with E-state index < -0.39 is 17.3 Å². The molecular weight excluding hydrogens is 321 g/mol. The third kappa shape index (κ3) is 4.87. The molecule has 24 heavy (non-hydrogen) atoms. The van der Waals surface area contributed by atoms with Crippen molar-refractivity contribution in [1.29, 1.82) is 0 Å². The summed E-state index contributed by atoms with van der Waals surface area (Å²) in [6.07, 6.45) is -4.33. The van der Waals surface area contributed by atoms with Crippen LogP contribution in [0.15, 0.2) is 24.3 Å². The Morgan fingerprint density at radius 2 is 2.04 bits per heavy atom. The van der Waals surface area contributed by atoms with Crippen LogP contribution in [0.3, 0.4) is 0 Å². The molecule has 1 aliphatic heterocycles. The first-order valence-corrected chi connectivity index (χ1v) is 7.94. The molecule has 7 heteroatoms. The van der Waals surface area contributed by atoms with Crippen molar-refractivity contribution in [3.05, 3.63) is 35.4 Å². The number of nitrogens with zero attached hydrogens (tertiary/aromatic N) is 1. The molecule has 1 aliphatic rings. The summed E-state index contributed by atoms with van der Waals surface area (Å²) in [5.74, 6) is 0. The van der Waals surface area contributed by atoms with Gasteiger partial charge in [-0.15, -0.1) is 0 Å².